The van der Waals surface area contributed by atoms with E-state index in [1.165, 1.54) is 24.8 Å². The third kappa shape index (κ3) is 10.9. The Kier molecular flexibility index (Phi) is 14.3. The molecule has 0 radical (unpaired) electrons. The van der Waals surface area contributed by atoms with Crippen LogP contribution in [-0.4, -0.2) is 37.6 Å². The average Bonchev–Trinajstić information content (AvgIpc) is 3.31. The van der Waals surface area contributed by atoms with Crippen LogP contribution < -0.4 is 0 Å². The number of hydrogen-bond donors (Lipinski definition) is 1. The number of carboxylic acid groups (broad SMARTS) is 1. The van der Waals surface area contributed by atoms with Gasteiger partial charge in [0.25, 0.3) is 0 Å². The Balaban J connectivity index is 1.73. The van der Waals surface area contributed by atoms with E-state index in [4.69, 9.17) is 14.3 Å². The van der Waals surface area contributed by atoms with Gasteiger partial charge in [0.2, 0.25) is 0 Å². The van der Waals surface area contributed by atoms with E-state index in [-0.39, 0.29) is 35.1 Å². The summed E-state index contributed by atoms with van der Waals surface area (Å²) in [7, 11) is -1.91. The van der Waals surface area contributed by atoms with Gasteiger partial charge in [-0.05, 0) is 73.5 Å². The maximum atomic E-state index is 13.5. The molecule has 2 aromatic carbocycles. The Morgan fingerprint density at radius 3 is 2.20 bits per heavy atom. The smallest absolute Gasteiger partial charge is 0.338 e. The van der Waals surface area contributed by atoms with Gasteiger partial charge >= 0.3 is 11.9 Å². The number of carbonyl (C=O) groups is 2. The lowest BCUT2D eigenvalue weighted by atomic mass is 9.74. The first-order chi connectivity index (χ1) is 21.8. The highest BCUT2D eigenvalue weighted by molar-refractivity contribution is 6.74. The third-order valence-electron chi connectivity index (χ3n) is 10.5. The Labute approximate surface area is 280 Å². The average molecular weight is 649 g/mol. The quantitative estimate of drug-likeness (QED) is 0.0710. The molecule has 1 aliphatic rings. The van der Waals surface area contributed by atoms with Crippen LogP contribution in [0.15, 0.2) is 66.2 Å². The van der Waals surface area contributed by atoms with E-state index in [1.54, 1.807) is 0 Å². The fraction of sp³-hybridized carbons (Fsp3) is 0.600. The Morgan fingerprint density at radius 2 is 1.57 bits per heavy atom. The first kappa shape index (κ1) is 37.8. The molecule has 2 aromatic rings. The molecule has 1 aliphatic carbocycles. The highest BCUT2D eigenvalue weighted by Crippen LogP contribution is 2.48. The first-order valence-electron chi connectivity index (χ1n) is 17.7. The van der Waals surface area contributed by atoms with Gasteiger partial charge in [-0.25, -0.2) is 4.79 Å². The van der Waals surface area contributed by atoms with E-state index in [9.17, 15) is 9.59 Å². The van der Waals surface area contributed by atoms with E-state index in [0.29, 0.717) is 12.0 Å². The zero-order valence-electron chi connectivity index (χ0n) is 29.7. The Bertz CT molecular complexity index is 1260. The largest absolute Gasteiger partial charge is 0.481 e. The predicted molar refractivity (Wildman–Crippen MR) is 193 cm³/mol. The normalized spacial score (nSPS) is 19.1. The topological polar surface area (TPSA) is 72.8 Å². The van der Waals surface area contributed by atoms with Crippen LogP contribution in [0, 0.1) is 5.41 Å². The molecule has 3 atom stereocenters. The predicted octanol–water partition coefficient (Wildman–Crippen LogP) is 11.4. The lowest BCUT2D eigenvalue weighted by molar-refractivity contribution is -0.137. The van der Waals surface area contributed by atoms with Crippen molar-refractivity contribution in [2.45, 2.75) is 148 Å². The summed E-state index contributed by atoms with van der Waals surface area (Å²) >= 11 is 0. The maximum Gasteiger partial charge on any atom is 0.338 e. The summed E-state index contributed by atoms with van der Waals surface area (Å²) in [5.74, 6) is -1.00. The number of benzene rings is 2. The molecular formula is C40H60O5Si. The molecule has 1 unspecified atom stereocenters. The van der Waals surface area contributed by atoms with Gasteiger partial charge in [-0.2, -0.15) is 0 Å². The van der Waals surface area contributed by atoms with Gasteiger partial charge in [-0.3, -0.25) is 4.79 Å². The molecule has 0 amide bonds. The van der Waals surface area contributed by atoms with Crippen molar-refractivity contribution in [2.24, 2.45) is 5.41 Å². The molecule has 0 fully saturated rings. The van der Waals surface area contributed by atoms with E-state index in [0.717, 1.165) is 62.5 Å². The minimum Gasteiger partial charge on any atom is -0.481 e. The number of aliphatic carboxylic acids is 1. The second kappa shape index (κ2) is 17.4. The maximum absolute atomic E-state index is 13.5. The number of carbonyl (C=O) groups excluding carboxylic acids is 1. The molecule has 254 valence electrons. The van der Waals surface area contributed by atoms with Gasteiger partial charge in [-0.1, -0.05) is 127 Å². The van der Waals surface area contributed by atoms with Gasteiger partial charge in [0, 0.05) is 24.4 Å². The lowest BCUT2D eigenvalue weighted by Gasteiger charge is -2.40. The molecular weight excluding hydrogens is 589 g/mol. The highest BCUT2D eigenvalue weighted by Gasteiger charge is 2.44. The zero-order valence-corrected chi connectivity index (χ0v) is 30.7. The Morgan fingerprint density at radius 1 is 0.913 bits per heavy atom. The van der Waals surface area contributed by atoms with E-state index in [1.807, 2.05) is 42.5 Å². The second-order valence-corrected chi connectivity index (χ2v) is 19.8. The second-order valence-electron chi connectivity index (χ2n) is 15.1. The number of hydrogen-bond acceptors (Lipinski definition) is 4. The van der Waals surface area contributed by atoms with Crippen LogP contribution in [-0.2, 0) is 14.0 Å². The zero-order chi connectivity index (χ0) is 33.8. The SMILES string of the molecule is CCCCCC(CCC1=CC[C@H](OC(=O)c2ccc(-c3ccccc3)cc2)[C@]1(C)CCCCCCC(=O)O)O[Si](C)(C)C(C)(C)C. The van der Waals surface area contributed by atoms with Crippen molar-refractivity contribution in [2.75, 3.05) is 0 Å². The standard InChI is InChI=1S/C40H60O5Si/c1-8-9-13-20-35(45-46(6,7)39(2,3)4)28-26-34-27-29-36(40(34,5)30-17-11-10-16-21-37(41)42)44-38(43)33-24-22-32(23-25-33)31-18-14-12-15-19-31/h12,14-15,18-19,22-25,27,35-36H,8-11,13,16-17,20-21,26,28-30H2,1-7H3,(H,41,42)/t35?,36-,40+/m0/s1. The molecule has 0 heterocycles. The number of rotatable bonds is 19. The highest BCUT2D eigenvalue weighted by atomic mass is 28.4. The minimum absolute atomic E-state index is 0.163. The molecule has 6 heteroatoms. The number of esters is 1. The van der Waals surface area contributed by atoms with Gasteiger partial charge in [0.05, 0.1) is 5.56 Å². The van der Waals surface area contributed by atoms with E-state index >= 15 is 0 Å². The monoisotopic (exact) mass is 648 g/mol. The van der Waals surface area contributed by atoms with Crippen LogP contribution in [0.5, 0.6) is 0 Å². The molecule has 3 rings (SSSR count). The van der Waals surface area contributed by atoms with E-state index < -0.39 is 14.3 Å². The van der Waals surface area contributed by atoms with Crippen LogP contribution in [0.2, 0.25) is 18.1 Å². The van der Waals surface area contributed by atoms with Crippen molar-refractivity contribution in [3.8, 4) is 11.1 Å². The fourth-order valence-corrected chi connectivity index (χ4v) is 7.80. The van der Waals surface area contributed by atoms with Crippen molar-refractivity contribution >= 4 is 20.3 Å². The molecule has 0 saturated heterocycles. The summed E-state index contributed by atoms with van der Waals surface area (Å²) in [6.45, 7) is 16.2. The number of ether oxygens (including phenoxy) is 1. The molecule has 0 saturated carbocycles. The van der Waals surface area contributed by atoms with Crippen LogP contribution in [0.3, 0.4) is 0 Å². The number of carboxylic acids is 1. The fourth-order valence-electron chi connectivity index (χ4n) is 6.38. The summed E-state index contributed by atoms with van der Waals surface area (Å²) in [5, 5.41) is 9.19. The molecule has 46 heavy (non-hydrogen) atoms. The molecule has 0 bridgehead atoms. The lowest BCUT2D eigenvalue weighted by Crippen LogP contribution is -2.44. The van der Waals surface area contributed by atoms with Crippen LogP contribution >= 0.6 is 0 Å². The number of unbranched alkanes of at least 4 members (excludes halogenated alkanes) is 5. The van der Waals surface area contributed by atoms with Crippen LogP contribution in [0.1, 0.15) is 128 Å². The van der Waals surface area contributed by atoms with Crippen LogP contribution in [0.25, 0.3) is 11.1 Å². The first-order valence-corrected chi connectivity index (χ1v) is 20.6. The summed E-state index contributed by atoms with van der Waals surface area (Å²) in [5.41, 5.74) is 3.89. The van der Waals surface area contributed by atoms with Crippen molar-refractivity contribution < 1.29 is 23.9 Å². The van der Waals surface area contributed by atoms with Crippen molar-refractivity contribution in [3.63, 3.8) is 0 Å². The molecule has 5 nitrogen and oxygen atoms in total. The van der Waals surface area contributed by atoms with Crippen molar-refractivity contribution in [1.29, 1.82) is 0 Å². The van der Waals surface area contributed by atoms with Crippen molar-refractivity contribution in [3.05, 3.63) is 71.8 Å². The summed E-state index contributed by atoms with van der Waals surface area (Å²) in [6, 6.07) is 17.9. The summed E-state index contributed by atoms with van der Waals surface area (Å²) in [4.78, 5) is 24.4. The van der Waals surface area contributed by atoms with Gasteiger partial charge < -0.3 is 14.3 Å². The van der Waals surface area contributed by atoms with Crippen LogP contribution in [0.4, 0.5) is 0 Å². The van der Waals surface area contributed by atoms with Crippen molar-refractivity contribution in [1.82, 2.24) is 0 Å². The van der Waals surface area contributed by atoms with Gasteiger partial charge in [0.15, 0.2) is 8.32 Å². The summed E-state index contributed by atoms with van der Waals surface area (Å²) in [6.07, 6.45) is 14.4. The van der Waals surface area contributed by atoms with Gasteiger partial charge in [0.1, 0.15) is 6.10 Å². The van der Waals surface area contributed by atoms with E-state index in [2.05, 4.69) is 65.9 Å². The minimum atomic E-state index is -1.91. The molecule has 0 spiro atoms. The summed E-state index contributed by atoms with van der Waals surface area (Å²) < 4.78 is 13.3. The third-order valence-corrected chi connectivity index (χ3v) is 15.0. The Hall–Kier alpha value is -2.70. The molecule has 0 aliphatic heterocycles. The molecule has 1 N–H and O–H groups in total. The molecule has 0 aromatic heterocycles. The van der Waals surface area contributed by atoms with Gasteiger partial charge in [-0.15, -0.1) is 0 Å².